The monoisotopic (exact) mass is 387 g/mol. The zero-order chi connectivity index (χ0) is 20.1. The van der Waals surface area contributed by atoms with Crippen LogP contribution in [0.5, 0.6) is 11.5 Å². The predicted molar refractivity (Wildman–Crippen MR) is 107 cm³/mol. The van der Waals surface area contributed by atoms with Crippen LogP contribution in [0.3, 0.4) is 0 Å². The molecule has 2 amide bonds. The van der Waals surface area contributed by atoms with Crippen LogP contribution in [0.4, 0.5) is 0 Å². The number of carbonyl (C=O) groups is 3. The number of benzene rings is 2. The molecule has 2 aromatic carbocycles. The molecule has 29 heavy (non-hydrogen) atoms. The molecule has 1 fully saturated rings. The maximum Gasteiger partial charge on any atom is 0.266 e. The summed E-state index contributed by atoms with van der Waals surface area (Å²) in [6, 6.07) is 10.3. The van der Waals surface area contributed by atoms with Gasteiger partial charge in [-0.1, -0.05) is 24.3 Å². The van der Waals surface area contributed by atoms with E-state index in [1.54, 1.807) is 18.2 Å². The Morgan fingerprint density at radius 1 is 0.966 bits per heavy atom. The molecule has 1 unspecified atom stereocenters. The molecule has 2 aromatic rings. The Kier molecular flexibility index (Phi) is 4.12. The Labute approximate surface area is 169 Å². The van der Waals surface area contributed by atoms with Crippen LogP contribution >= 0.6 is 0 Å². The highest BCUT2D eigenvalue weighted by Gasteiger charge is 2.45. The van der Waals surface area contributed by atoms with E-state index in [1.807, 2.05) is 12.1 Å². The standard InChI is InChI=1S/C24H21NO4/c1-14-8-11-19(20(26)12-14)25-23(27)18-6-3-7-21(22(18)24(25)28)29-17-10-9-15-4-2-5-16(15)13-17/h3,6-7,9-10,13,19H,1-2,4-5,8,11-12H2. The van der Waals surface area contributed by atoms with Gasteiger partial charge in [0.05, 0.1) is 17.2 Å². The third-order valence-electron chi connectivity index (χ3n) is 6.08. The second-order valence-corrected chi connectivity index (χ2v) is 7.99. The van der Waals surface area contributed by atoms with Crippen molar-refractivity contribution in [2.24, 2.45) is 0 Å². The van der Waals surface area contributed by atoms with Gasteiger partial charge in [-0.3, -0.25) is 19.3 Å². The molecule has 1 aliphatic heterocycles. The van der Waals surface area contributed by atoms with E-state index in [0.717, 1.165) is 29.7 Å². The van der Waals surface area contributed by atoms with Crippen molar-refractivity contribution in [3.63, 3.8) is 0 Å². The fourth-order valence-corrected chi connectivity index (χ4v) is 4.61. The van der Waals surface area contributed by atoms with Crippen LogP contribution in [0, 0.1) is 0 Å². The SMILES string of the molecule is C=C1CCC(N2C(=O)c3cccc(Oc4ccc5c(c4)CCC5)c3C2=O)C(=O)C1. The van der Waals surface area contributed by atoms with Gasteiger partial charge in [-0.15, -0.1) is 0 Å². The Bertz CT molecular complexity index is 1080. The van der Waals surface area contributed by atoms with E-state index in [-0.39, 0.29) is 17.8 Å². The molecule has 0 N–H and O–H groups in total. The summed E-state index contributed by atoms with van der Waals surface area (Å²) >= 11 is 0. The number of hydrogen-bond donors (Lipinski definition) is 0. The smallest absolute Gasteiger partial charge is 0.266 e. The lowest BCUT2D eigenvalue weighted by Gasteiger charge is -2.29. The van der Waals surface area contributed by atoms with Crippen LogP contribution in [-0.4, -0.2) is 28.5 Å². The highest BCUT2D eigenvalue weighted by Crippen LogP contribution is 2.37. The van der Waals surface area contributed by atoms with E-state index < -0.39 is 17.9 Å². The number of hydrogen-bond acceptors (Lipinski definition) is 4. The topological polar surface area (TPSA) is 63.7 Å². The molecular weight excluding hydrogens is 366 g/mol. The van der Waals surface area contributed by atoms with Crippen LogP contribution in [0.25, 0.3) is 0 Å². The van der Waals surface area contributed by atoms with Crippen molar-refractivity contribution < 1.29 is 19.1 Å². The largest absolute Gasteiger partial charge is 0.456 e. The molecule has 2 aliphatic carbocycles. The predicted octanol–water partition coefficient (Wildman–Crippen LogP) is 4.24. The van der Waals surface area contributed by atoms with Crippen LogP contribution in [0.1, 0.15) is 57.5 Å². The average Bonchev–Trinajstić information content (AvgIpc) is 3.26. The van der Waals surface area contributed by atoms with Gasteiger partial charge in [0.2, 0.25) is 0 Å². The summed E-state index contributed by atoms with van der Waals surface area (Å²) in [5.41, 5.74) is 4.00. The molecule has 5 nitrogen and oxygen atoms in total. The number of nitrogens with zero attached hydrogens (tertiary/aromatic N) is 1. The lowest BCUT2D eigenvalue weighted by atomic mass is 9.89. The molecule has 3 aliphatic rings. The van der Waals surface area contributed by atoms with E-state index in [0.29, 0.717) is 29.9 Å². The first-order valence-corrected chi connectivity index (χ1v) is 10.0. The van der Waals surface area contributed by atoms with Gasteiger partial charge in [-0.25, -0.2) is 0 Å². The van der Waals surface area contributed by atoms with Gasteiger partial charge in [-0.2, -0.15) is 0 Å². The van der Waals surface area contributed by atoms with Crippen molar-refractivity contribution in [1.29, 1.82) is 0 Å². The summed E-state index contributed by atoms with van der Waals surface area (Å²) < 4.78 is 6.05. The first kappa shape index (κ1) is 17.9. The van der Waals surface area contributed by atoms with Gasteiger partial charge < -0.3 is 4.74 Å². The summed E-state index contributed by atoms with van der Waals surface area (Å²) in [6.45, 7) is 3.86. The van der Waals surface area contributed by atoms with Gasteiger partial charge in [-0.05, 0) is 67.5 Å². The van der Waals surface area contributed by atoms with Gasteiger partial charge in [0, 0.05) is 6.42 Å². The Balaban J connectivity index is 1.47. The number of allylic oxidation sites excluding steroid dienone is 1. The van der Waals surface area contributed by atoms with Gasteiger partial charge >= 0.3 is 0 Å². The fourth-order valence-electron chi connectivity index (χ4n) is 4.61. The van der Waals surface area contributed by atoms with Crippen LogP contribution in [-0.2, 0) is 17.6 Å². The van der Waals surface area contributed by atoms with Crippen molar-refractivity contribution in [3.8, 4) is 11.5 Å². The van der Waals surface area contributed by atoms with Crippen molar-refractivity contribution in [3.05, 3.63) is 70.8 Å². The van der Waals surface area contributed by atoms with Gasteiger partial charge in [0.1, 0.15) is 11.5 Å². The number of amides is 2. The molecule has 0 bridgehead atoms. The minimum Gasteiger partial charge on any atom is -0.456 e. The van der Waals surface area contributed by atoms with Crippen LogP contribution in [0.2, 0.25) is 0 Å². The average molecular weight is 387 g/mol. The van der Waals surface area contributed by atoms with Crippen LogP contribution < -0.4 is 4.74 Å². The number of ether oxygens (including phenoxy) is 1. The molecule has 0 spiro atoms. The summed E-state index contributed by atoms with van der Waals surface area (Å²) in [7, 11) is 0. The molecule has 0 radical (unpaired) electrons. The number of rotatable bonds is 3. The van der Waals surface area contributed by atoms with E-state index >= 15 is 0 Å². The molecule has 146 valence electrons. The number of aryl methyl sites for hydroxylation is 2. The molecular formula is C24H21NO4. The second kappa shape index (κ2) is 6.69. The van der Waals surface area contributed by atoms with E-state index in [9.17, 15) is 14.4 Å². The maximum absolute atomic E-state index is 13.2. The van der Waals surface area contributed by atoms with Gasteiger partial charge in [0.15, 0.2) is 5.78 Å². The molecule has 0 saturated heterocycles. The van der Waals surface area contributed by atoms with E-state index in [2.05, 4.69) is 12.6 Å². The zero-order valence-electron chi connectivity index (χ0n) is 16.1. The molecule has 0 aromatic heterocycles. The van der Waals surface area contributed by atoms with E-state index in [4.69, 9.17) is 4.74 Å². The molecule has 5 heteroatoms. The summed E-state index contributed by atoms with van der Waals surface area (Å²) in [5, 5.41) is 0. The van der Waals surface area contributed by atoms with Crippen molar-refractivity contribution >= 4 is 17.6 Å². The lowest BCUT2D eigenvalue weighted by molar-refractivity contribution is -0.123. The first-order valence-electron chi connectivity index (χ1n) is 10.0. The van der Waals surface area contributed by atoms with Gasteiger partial charge in [0.25, 0.3) is 11.8 Å². The number of carbonyl (C=O) groups excluding carboxylic acids is 3. The summed E-state index contributed by atoms with van der Waals surface area (Å²) in [5.74, 6) is 0.0106. The Hall–Kier alpha value is -3.21. The second-order valence-electron chi connectivity index (χ2n) is 7.99. The van der Waals surface area contributed by atoms with Crippen LogP contribution in [0.15, 0.2) is 48.6 Å². The Morgan fingerprint density at radius 3 is 2.62 bits per heavy atom. The Morgan fingerprint density at radius 2 is 1.79 bits per heavy atom. The first-order chi connectivity index (χ1) is 14.0. The quantitative estimate of drug-likeness (QED) is 0.584. The molecule has 5 rings (SSSR count). The molecule has 1 atom stereocenters. The fraction of sp³-hybridized carbons (Fsp3) is 0.292. The number of imide groups is 1. The normalized spacial score (nSPS) is 20.8. The lowest BCUT2D eigenvalue weighted by Crippen LogP contribution is -2.46. The van der Waals surface area contributed by atoms with Crippen molar-refractivity contribution in [1.82, 2.24) is 4.90 Å². The third-order valence-corrected chi connectivity index (χ3v) is 6.08. The highest BCUT2D eigenvalue weighted by molar-refractivity contribution is 6.24. The molecule has 1 heterocycles. The minimum absolute atomic E-state index is 0.128. The third kappa shape index (κ3) is 2.89. The number of ketones is 1. The number of Topliss-reactive ketones (excluding diaryl/α,β-unsaturated/α-hetero) is 1. The summed E-state index contributed by atoms with van der Waals surface area (Å²) in [6.07, 6.45) is 4.55. The van der Waals surface area contributed by atoms with E-state index in [1.165, 1.54) is 11.1 Å². The molecule has 1 saturated carbocycles. The summed E-state index contributed by atoms with van der Waals surface area (Å²) in [4.78, 5) is 39.7. The highest BCUT2D eigenvalue weighted by atomic mass is 16.5. The maximum atomic E-state index is 13.2. The minimum atomic E-state index is -0.722. The van der Waals surface area contributed by atoms with Crippen molar-refractivity contribution in [2.45, 2.75) is 44.6 Å². The zero-order valence-corrected chi connectivity index (χ0v) is 16.1. The number of fused-ring (bicyclic) bond motifs is 2. The van der Waals surface area contributed by atoms with Crippen molar-refractivity contribution in [2.75, 3.05) is 0 Å².